The lowest BCUT2D eigenvalue weighted by atomic mass is 9.94. The van der Waals surface area contributed by atoms with Crippen LogP contribution in [0.5, 0.6) is 0 Å². The van der Waals surface area contributed by atoms with Crippen molar-refractivity contribution in [1.82, 2.24) is 15.2 Å². The van der Waals surface area contributed by atoms with Gasteiger partial charge in [-0.3, -0.25) is 4.99 Å². The molecule has 1 aromatic heterocycles. The number of aromatic nitrogens is 1. The Morgan fingerprint density at radius 3 is 2.64 bits per heavy atom. The summed E-state index contributed by atoms with van der Waals surface area (Å²) in [6.45, 7) is 10.4. The van der Waals surface area contributed by atoms with Gasteiger partial charge < -0.3 is 24.1 Å². The summed E-state index contributed by atoms with van der Waals surface area (Å²) in [5.41, 5.74) is -0.0294. The van der Waals surface area contributed by atoms with Crippen LogP contribution in [0.15, 0.2) is 15.6 Å². The van der Waals surface area contributed by atoms with Gasteiger partial charge in [-0.15, -0.1) is 24.0 Å². The first kappa shape index (κ1) is 23.4. The van der Waals surface area contributed by atoms with E-state index in [2.05, 4.69) is 41.0 Å². The van der Waals surface area contributed by atoms with Gasteiger partial charge in [-0.2, -0.15) is 0 Å². The highest BCUT2D eigenvalue weighted by atomic mass is 127. The number of rotatable bonds is 5. The van der Waals surface area contributed by atoms with Gasteiger partial charge in [0.1, 0.15) is 5.76 Å². The van der Waals surface area contributed by atoms with E-state index in [1.165, 1.54) is 0 Å². The Labute approximate surface area is 185 Å². The van der Waals surface area contributed by atoms with Gasteiger partial charge in [0, 0.05) is 32.2 Å². The molecule has 7 nitrogen and oxygen atoms in total. The van der Waals surface area contributed by atoms with Crippen molar-refractivity contribution in [2.45, 2.75) is 70.6 Å². The van der Waals surface area contributed by atoms with E-state index in [1.807, 2.05) is 13.2 Å². The highest BCUT2D eigenvalue weighted by molar-refractivity contribution is 14.0. The second-order valence-electron chi connectivity index (χ2n) is 8.42. The van der Waals surface area contributed by atoms with Crippen LogP contribution in [0.1, 0.15) is 58.1 Å². The predicted molar refractivity (Wildman–Crippen MR) is 120 cm³/mol. The van der Waals surface area contributed by atoms with Crippen LogP contribution < -0.4 is 5.32 Å². The molecule has 1 atom stereocenters. The average molecular weight is 506 g/mol. The number of aliphatic imine (C=N–C) groups is 1. The quantitative estimate of drug-likeness (QED) is 0.376. The Morgan fingerprint density at radius 2 is 2.07 bits per heavy atom. The van der Waals surface area contributed by atoms with E-state index < -0.39 is 0 Å². The minimum absolute atomic E-state index is 0. The van der Waals surface area contributed by atoms with Crippen LogP contribution in [-0.4, -0.2) is 61.4 Å². The molecule has 1 unspecified atom stereocenters. The molecule has 0 spiro atoms. The van der Waals surface area contributed by atoms with Crippen molar-refractivity contribution in [2.24, 2.45) is 4.99 Å². The number of guanidine groups is 1. The van der Waals surface area contributed by atoms with E-state index >= 15 is 0 Å². The molecule has 2 aliphatic heterocycles. The Morgan fingerprint density at radius 1 is 1.32 bits per heavy atom. The molecule has 2 fully saturated rings. The van der Waals surface area contributed by atoms with Crippen LogP contribution in [0, 0.1) is 0 Å². The van der Waals surface area contributed by atoms with Crippen molar-refractivity contribution in [3.05, 3.63) is 17.8 Å². The third kappa shape index (κ3) is 6.59. The number of nitrogens with one attached hydrogen (secondary N) is 1. The summed E-state index contributed by atoms with van der Waals surface area (Å²) in [6, 6.07) is 0. The molecule has 0 aromatic carbocycles. The number of hydrogen-bond acceptors (Lipinski definition) is 5. The number of halogens is 1. The largest absolute Gasteiger partial charge is 0.443 e. The summed E-state index contributed by atoms with van der Waals surface area (Å²) >= 11 is 0. The van der Waals surface area contributed by atoms with Gasteiger partial charge in [0.25, 0.3) is 0 Å². The van der Waals surface area contributed by atoms with E-state index in [0.29, 0.717) is 24.6 Å². The Balaban J connectivity index is 0.00000280. The summed E-state index contributed by atoms with van der Waals surface area (Å²) in [5.74, 6) is 2.48. The van der Waals surface area contributed by atoms with Crippen molar-refractivity contribution >= 4 is 29.9 Å². The van der Waals surface area contributed by atoms with E-state index in [9.17, 15) is 0 Å². The molecule has 0 amide bonds. The lowest BCUT2D eigenvalue weighted by Gasteiger charge is -2.34. The SMILES string of the molecule is CN=C(NCc1ncc(C(C)(C)C)o1)N1CCC(OCC2CCCO2)CC1.I. The predicted octanol–water partition coefficient (Wildman–Crippen LogP) is 3.33. The van der Waals surface area contributed by atoms with Gasteiger partial charge in [-0.1, -0.05) is 20.8 Å². The smallest absolute Gasteiger partial charge is 0.213 e. The number of nitrogens with zero attached hydrogens (tertiary/aromatic N) is 3. The molecule has 0 bridgehead atoms. The number of hydrogen-bond donors (Lipinski definition) is 1. The van der Waals surface area contributed by atoms with Gasteiger partial charge in [0.2, 0.25) is 5.89 Å². The third-order valence-electron chi connectivity index (χ3n) is 5.19. The normalized spacial score (nSPS) is 21.6. The number of piperidine rings is 1. The van der Waals surface area contributed by atoms with Crippen molar-refractivity contribution < 1.29 is 13.9 Å². The molecule has 8 heteroatoms. The standard InChI is InChI=1S/C20H34N4O3.HI/c1-20(2,3)17-12-22-18(27-17)13-23-19(21-4)24-9-7-15(8-10-24)26-14-16-6-5-11-25-16;/h12,15-16H,5-11,13-14H2,1-4H3,(H,21,23);1H. The number of likely N-dealkylation sites (tertiary alicyclic amines) is 1. The average Bonchev–Trinajstić information content (AvgIpc) is 3.33. The molecule has 0 aliphatic carbocycles. The highest BCUT2D eigenvalue weighted by Gasteiger charge is 2.24. The second kappa shape index (κ2) is 10.8. The summed E-state index contributed by atoms with van der Waals surface area (Å²) in [7, 11) is 1.82. The topological polar surface area (TPSA) is 72.1 Å². The molecule has 3 rings (SSSR count). The summed E-state index contributed by atoms with van der Waals surface area (Å²) < 4.78 is 17.5. The van der Waals surface area contributed by atoms with Crippen LogP contribution in [-0.2, 0) is 21.4 Å². The lowest BCUT2D eigenvalue weighted by Crippen LogP contribution is -2.47. The van der Waals surface area contributed by atoms with Crippen LogP contribution in [0.25, 0.3) is 0 Å². The van der Waals surface area contributed by atoms with Crippen molar-refractivity contribution in [1.29, 1.82) is 0 Å². The molecule has 3 heterocycles. The molecular weight excluding hydrogens is 471 g/mol. The van der Waals surface area contributed by atoms with E-state index in [4.69, 9.17) is 13.9 Å². The van der Waals surface area contributed by atoms with E-state index in [1.54, 1.807) is 0 Å². The fraction of sp³-hybridized carbons (Fsp3) is 0.800. The Hall–Kier alpha value is -0.870. The summed E-state index contributed by atoms with van der Waals surface area (Å²) in [4.78, 5) is 11.1. The first-order chi connectivity index (χ1) is 13.0. The van der Waals surface area contributed by atoms with Gasteiger partial charge in [0.05, 0.1) is 31.6 Å². The monoisotopic (exact) mass is 506 g/mol. The van der Waals surface area contributed by atoms with Crippen LogP contribution in [0.4, 0.5) is 0 Å². The summed E-state index contributed by atoms with van der Waals surface area (Å²) in [5, 5.41) is 3.37. The van der Waals surface area contributed by atoms with Crippen molar-refractivity contribution in [3.8, 4) is 0 Å². The van der Waals surface area contributed by atoms with Gasteiger partial charge >= 0.3 is 0 Å². The van der Waals surface area contributed by atoms with Crippen LogP contribution in [0.3, 0.4) is 0 Å². The molecule has 1 N–H and O–H groups in total. The minimum atomic E-state index is -0.0294. The zero-order valence-electron chi connectivity index (χ0n) is 17.6. The zero-order chi connectivity index (χ0) is 19.3. The van der Waals surface area contributed by atoms with Gasteiger partial charge in [-0.25, -0.2) is 4.98 Å². The van der Waals surface area contributed by atoms with E-state index in [0.717, 1.165) is 63.7 Å². The fourth-order valence-corrected chi connectivity index (χ4v) is 3.48. The molecule has 0 radical (unpaired) electrons. The molecule has 160 valence electrons. The number of oxazole rings is 1. The molecule has 0 saturated carbocycles. The maximum absolute atomic E-state index is 6.06. The lowest BCUT2D eigenvalue weighted by molar-refractivity contribution is -0.0367. The first-order valence-corrected chi connectivity index (χ1v) is 10.1. The second-order valence-corrected chi connectivity index (χ2v) is 8.42. The third-order valence-corrected chi connectivity index (χ3v) is 5.19. The first-order valence-electron chi connectivity index (χ1n) is 10.1. The molecular formula is C20H35IN4O3. The molecule has 28 heavy (non-hydrogen) atoms. The zero-order valence-corrected chi connectivity index (χ0v) is 19.9. The van der Waals surface area contributed by atoms with E-state index in [-0.39, 0.29) is 29.4 Å². The van der Waals surface area contributed by atoms with Crippen LogP contribution in [0.2, 0.25) is 0 Å². The van der Waals surface area contributed by atoms with Gasteiger partial charge in [-0.05, 0) is 25.7 Å². The van der Waals surface area contributed by atoms with Gasteiger partial charge in [0.15, 0.2) is 5.96 Å². The maximum Gasteiger partial charge on any atom is 0.213 e. The van der Waals surface area contributed by atoms with Crippen molar-refractivity contribution in [3.63, 3.8) is 0 Å². The highest BCUT2D eigenvalue weighted by Crippen LogP contribution is 2.22. The van der Waals surface area contributed by atoms with Crippen LogP contribution >= 0.6 is 24.0 Å². The van der Waals surface area contributed by atoms with Crippen molar-refractivity contribution in [2.75, 3.05) is 33.4 Å². The Kier molecular flexibility index (Phi) is 9.01. The molecule has 1 aromatic rings. The minimum Gasteiger partial charge on any atom is -0.443 e. The fourth-order valence-electron chi connectivity index (χ4n) is 3.48. The molecule has 2 saturated heterocycles. The number of ether oxygens (including phenoxy) is 2. The summed E-state index contributed by atoms with van der Waals surface area (Å²) in [6.07, 6.45) is 6.77. The molecule has 2 aliphatic rings. The maximum atomic E-state index is 6.06. The Bertz CT molecular complexity index is 615.